The molecule has 17 heavy (non-hydrogen) atoms. The van der Waals surface area contributed by atoms with Crippen LogP contribution in [-0.4, -0.2) is 43.2 Å². The van der Waals surface area contributed by atoms with Gasteiger partial charge in [0.1, 0.15) is 0 Å². The third-order valence-corrected chi connectivity index (χ3v) is 2.85. The lowest BCUT2D eigenvalue weighted by atomic mass is 9.97. The Morgan fingerprint density at radius 3 is 2.29 bits per heavy atom. The van der Waals surface area contributed by atoms with Crippen molar-refractivity contribution in [2.24, 2.45) is 5.92 Å². The van der Waals surface area contributed by atoms with Gasteiger partial charge in [0, 0.05) is 13.1 Å². The number of halogens is 4. The van der Waals surface area contributed by atoms with Crippen molar-refractivity contribution in [3.05, 3.63) is 0 Å². The Morgan fingerprint density at radius 1 is 1.35 bits per heavy atom. The van der Waals surface area contributed by atoms with Gasteiger partial charge in [0.05, 0.1) is 0 Å². The van der Waals surface area contributed by atoms with Crippen molar-refractivity contribution in [3.8, 4) is 0 Å². The first-order valence-corrected chi connectivity index (χ1v) is 5.52. The van der Waals surface area contributed by atoms with Crippen LogP contribution < -0.4 is 5.32 Å². The smallest absolute Gasteiger partial charge is 0.335 e. The molecule has 102 valence electrons. The van der Waals surface area contributed by atoms with E-state index in [2.05, 4.69) is 5.32 Å². The van der Waals surface area contributed by atoms with E-state index in [9.17, 15) is 18.0 Å². The summed E-state index contributed by atoms with van der Waals surface area (Å²) in [6.45, 7) is 3.55. The third kappa shape index (κ3) is 5.12. The summed E-state index contributed by atoms with van der Waals surface area (Å²) in [6.07, 6.45) is -3.08. The van der Waals surface area contributed by atoms with Crippen LogP contribution in [0.1, 0.15) is 19.8 Å². The highest BCUT2D eigenvalue weighted by molar-refractivity contribution is 5.85. The zero-order valence-electron chi connectivity index (χ0n) is 9.72. The average Bonchev–Trinajstić information content (AvgIpc) is 2.25. The second-order valence-electron chi connectivity index (χ2n) is 4.03. The molecule has 0 unspecified atom stereocenters. The monoisotopic (exact) mass is 274 g/mol. The number of carbonyl (C=O) groups excluding carboxylic acids is 1. The number of hydrogen-bond donors (Lipinski definition) is 1. The summed E-state index contributed by atoms with van der Waals surface area (Å²) in [7, 11) is 0. The van der Waals surface area contributed by atoms with Crippen LogP contribution in [0.25, 0.3) is 0 Å². The molecule has 1 rings (SSSR count). The van der Waals surface area contributed by atoms with Gasteiger partial charge < -0.3 is 10.2 Å². The van der Waals surface area contributed by atoms with Gasteiger partial charge in [0.15, 0.2) is 0 Å². The lowest BCUT2D eigenvalue weighted by Gasteiger charge is -2.29. The summed E-state index contributed by atoms with van der Waals surface area (Å²) in [5, 5.41) is 3.14. The Morgan fingerprint density at radius 2 is 1.88 bits per heavy atom. The van der Waals surface area contributed by atoms with Gasteiger partial charge in [0.25, 0.3) is 0 Å². The van der Waals surface area contributed by atoms with Crippen molar-refractivity contribution in [2.45, 2.75) is 25.9 Å². The van der Waals surface area contributed by atoms with Gasteiger partial charge >= 0.3 is 12.1 Å². The minimum atomic E-state index is -4.75. The number of amides is 1. The van der Waals surface area contributed by atoms with Crippen molar-refractivity contribution in [3.63, 3.8) is 0 Å². The Hall–Kier alpha value is -0.490. The van der Waals surface area contributed by atoms with E-state index in [1.54, 1.807) is 6.92 Å². The van der Waals surface area contributed by atoms with E-state index in [4.69, 9.17) is 0 Å². The Kier molecular flexibility index (Phi) is 6.85. The van der Waals surface area contributed by atoms with Crippen molar-refractivity contribution >= 4 is 18.3 Å². The van der Waals surface area contributed by atoms with E-state index in [-0.39, 0.29) is 31.4 Å². The van der Waals surface area contributed by atoms with Gasteiger partial charge in [-0.1, -0.05) is 0 Å². The van der Waals surface area contributed by atoms with Crippen LogP contribution in [0, 0.1) is 5.92 Å². The largest absolute Gasteiger partial charge is 0.471 e. The number of nitrogens with one attached hydrogen (secondary N) is 1. The summed E-state index contributed by atoms with van der Waals surface area (Å²) in [5.41, 5.74) is 0. The molecule has 0 radical (unpaired) electrons. The van der Waals surface area contributed by atoms with Crippen LogP contribution in [0.15, 0.2) is 0 Å². The van der Waals surface area contributed by atoms with Crippen LogP contribution in [0.4, 0.5) is 13.2 Å². The number of hydrogen-bond acceptors (Lipinski definition) is 2. The fraction of sp³-hybridized carbons (Fsp3) is 0.900. The van der Waals surface area contributed by atoms with Gasteiger partial charge in [-0.2, -0.15) is 13.2 Å². The molecule has 7 heteroatoms. The first-order chi connectivity index (χ1) is 7.45. The van der Waals surface area contributed by atoms with Crippen LogP contribution in [0.2, 0.25) is 0 Å². The molecule has 3 nitrogen and oxygen atoms in total. The highest BCUT2D eigenvalue weighted by Crippen LogP contribution is 2.21. The molecule has 0 bridgehead atoms. The second kappa shape index (κ2) is 7.06. The molecule has 0 aliphatic carbocycles. The molecule has 1 amide bonds. The number of rotatable bonds is 3. The minimum Gasteiger partial charge on any atom is -0.335 e. The van der Waals surface area contributed by atoms with Crippen LogP contribution in [-0.2, 0) is 4.79 Å². The molecule has 1 N–H and O–H groups in total. The maximum atomic E-state index is 12.2. The summed E-state index contributed by atoms with van der Waals surface area (Å²) in [5.74, 6) is -1.53. The highest BCUT2D eigenvalue weighted by Gasteiger charge is 2.42. The van der Waals surface area contributed by atoms with E-state index in [1.165, 1.54) is 0 Å². The van der Waals surface area contributed by atoms with E-state index < -0.39 is 12.1 Å². The highest BCUT2D eigenvalue weighted by atomic mass is 35.5. The van der Waals surface area contributed by atoms with Crippen LogP contribution in [0.5, 0.6) is 0 Å². The molecule has 1 aliphatic rings. The van der Waals surface area contributed by atoms with Crippen molar-refractivity contribution < 1.29 is 18.0 Å². The zero-order chi connectivity index (χ0) is 12.2. The maximum Gasteiger partial charge on any atom is 0.471 e. The Labute approximate surface area is 105 Å². The number of carbonyl (C=O) groups is 1. The van der Waals surface area contributed by atoms with Crippen LogP contribution >= 0.6 is 12.4 Å². The number of piperidine rings is 1. The fourth-order valence-electron chi connectivity index (χ4n) is 1.91. The standard InChI is InChI=1S/C10H17F3N2O.ClH/c1-2-15(9(16)10(11,12)13)7-8-3-5-14-6-4-8;/h8,14H,2-7H2,1H3;1H. The Balaban J connectivity index is 0.00000256. The molecule has 0 aromatic carbocycles. The molecule has 0 spiro atoms. The molecular weight excluding hydrogens is 257 g/mol. The molecule has 0 aromatic heterocycles. The topological polar surface area (TPSA) is 32.3 Å². The van der Waals surface area contributed by atoms with Crippen LogP contribution in [0.3, 0.4) is 0 Å². The minimum absolute atomic E-state index is 0. The molecule has 0 saturated carbocycles. The molecule has 1 heterocycles. The van der Waals surface area contributed by atoms with Crippen molar-refractivity contribution in [2.75, 3.05) is 26.2 Å². The quantitative estimate of drug-likeness (QED) is 0.851. The molecule has 1 saturated heterocycles. The molecular formula is C10H18ClF3N2O. The number of nitrogens with zero attached hydrogens (tertiary/aromatic N) is 1. The Bertz CT molecular complexity index is 242. The second-order valence-corrected chi connectivity index (χ2v) is 4.03. The van der Waals surface area contributed by atoms with Gasteiger partial charge in [-0.25, -0.2) is 0 Å². The summed E-state index contributed by atoms with van der Waals surface area (Å²) in [4.78, 5) is 12.0. The zero-order valence-corrected chi connectivity index (χ0v) is 10.5. The average molecular weight is 275 g/mol. The first-order valence-electron chi connectivity index (χ1n) is 5.52. The fourth-order valence-corrected chi connectivity index (χ4v) is 1.91. The summed E-state index contributed by atoms with van der Waals surface area (Å²) >= 11 is 0. The summed E-state index contributed by atoms with van der Waals surface area (Å²) < 4.78 is 36.7. The predicted octanol–water partition coefficient (Wildman–Crippen LogP) is 1.82. The number of alkyl halides is 3. The lowest BCUT2D eigenvalue weighted by molar-refractivity contribution is -0.186. The van der Waals surface area contributed by atoms with Gasteiger partial charge in [-0.05, 0) is 38.8 Å². The molecule has 0 aromatic rings. The van der Waals surface area contributed by atoms with Gasteiger partial charge in [-0.15, -0.1) is 12.4 Å². The predicted molar refractivity (Wildman–Crippen MR) is 61.2 cm³/mol. The SMILES string of the molecule is CCN(CC1CCNCC1)C(=O)C(F)(F)F.Cl. The maximum absolute atomic E-state index is 12.2. The first kappa shape index (κ1) is 16.5. The van der Waals surface area contributed by atoms with Gasteiger partial charge in [0.2, 0.25) is 0 Å². The molecule has 1 aliphatic heterocycles. The normalized spacial score (nSPS) is 17.4. The van der Waals surface area contributed by atoms with E-state index in [1.807, 2.05) is 0 Å². The van der Waals surface area contributed by atoms with E-state index >= 15 is 0 Å². The third-order valence-electron chi connectivity index (χ3n) is 2.85. The molecule has 0 atom stereocenters. The molecule has 1 fully saturated rings. The van der Waals surface area contributed by atoms with Crippen molar-refractivity contribution in [1.82, 2.24) is 10.2 Å². The van der Waals surface area contributed by atoms with E-state index in [0.29, 0.717) is 0 Å². The van der Waals surface area contributed by atoms with Gasteiger partial charge in [-0.3, -0.25) is 4.79 Å². The van der Waals surface area contributed by atoms with Crippen molar-refractivity contribution in [1.29, 1.82) is 0 Å². The van der Waals surface area contributed by atoms with E-state index in [0.717, 1.165) is 30.8 Å². The summed E-state index contributed by atoms with van der Waals surface area (Å²) in [6, 6.07) is 0. The lowest BCUT2D eigenvalue weighted by Crippen LogP contribution is -2.45.